The molecule has 0 N–H and O–H groups in total. The third kappa shape index (κ3) is 5.61. The minimum absolute atomic E-state index is 0.382. The van der Waals surface area contributed by atoms with Gasteiger partial charge in [0, 0.05) is 19.0 Å². The Balaban J connectivity index is 2.92. The van der Waals surface area contributed by atoms with Crippen LogP contribution in [0.1, 0.15) is 45.1 Å². The molecule has 3 nitrogen and oxygen atoms in total. The number of halogens is 1. The van der Waals surface area contributed by atoms with Crippen LogP contribution < -0.4 is 0 Å². The van der Waals surface area contributed by atoms with Crippen molar-refractivity contribution in [3.8, 4) is 0 Å². The van der Waals surface area contributed by atoms with Gasteiger partial charge in [0.15, 0.2) is 0 Å². The number of alkyl halides is 1. The highest BCUT2D eigenvalue weighted by molar-refractivity contribution is 7.89. The number of aryl methyl sites for hydroxylation is 1. The number of hydrogen-bond acceptors (Lipinski definition) is 2. The fraction of sp³-hybridized carbons (Fsp3) is 0.625. The second-order valence-electron chi connectivity index (χ2n) is 5.19. The van der Waals surface area contributed by atoms with Crippen LogP contribution in [0.15, 0.2) is 29.2 Å². The summed E-state index contributed by atoms with van der Waals surface area (Å²) in [6.07, 6.45) is 4.54. The van der Waals surface area contributed by atoms with E-state index in [1.165, 1.54) is 0 Å². The summed E-state index contributed by atoms with van der Waals surface area (Å²) < 4.78 is 27.0. The molecule has 1 aromatic rings. The molecule has 0 heterocycles. The number of benzene rings is 1. The lowest BCUT2D eigenvalue weighted by atomic mass is 10.2. The molecule has 120 valence electrons. The van der Waals surface area contributed by atoms with E-state index in [0.717, 1.165) is 37.7 Å². The van der Waals surface area contributed by atoms with Crippen molar-refractivity contribution in [2.75, 3.05) is 19.0 Å². The number of rotatable bonds is 10. The van der Waals surface area contributed by atoms with Gasteiger partial charge in [-0.2, -0.15) is 4.31 Å². The first-order valence-corrected chi connectivity index (χ1v) is 9.68. The highest BCUT2D eigenvalue weighted by atomic mass is 35.5. The van der Waals surface area contributed by atoms with Crippen LogP contribution in [0.3, 0.4) is 0 Å². The number of nitrogens with zero attached hydrogens (tertiary/aromatic N) is 1. The average Bonchev–Trinajstić information content (AvgIpc) is 2.48. The molecular weight excluding hydrogens is 306 g/mol. The normalized spacial score (nSPS) is 12.0. The third-order valence-electron chi connectivity index (χ3n) is 3.47. The van der Waals surface area contributed by atoms with E-state index in [1.54, 1.807) is 16.4 Å². The Kier molecular flexibility index (Phi) is 8.30. The van der Waals surface area contributed by atoms with Gasteiger partial charge in [-0.25, -0.2) is 8.42 Å². The van der Waals surface area contributed by atoms with Crippen LogP contribution in [-0.2, 0) is 16.4 Å². The van der Waals surface area contributed by atoms with E-state index < -0.39 is 10.0 Å². The van der Waals surface area contributed by atoms with Crippen molar-refractivity contribution in [1.82, 2.24) is 4.31 Å². The van der Waals surface area contributed by atoms with E-state index in [-0.39, 0.29) is 0 Å². The van der Waals surface area contributed by atoms with Gasteiger partial charge >= 0.3 is 0 Å². The van der Waals surface area contributed by atoms with Gasteiger partial charge < -0.3 is 0 Å². The smallest absolute Gasteiger partial charge is 0.207 e. The maximum Gasteiger partial charge on any atom is 0.243 e. The summed E-state index contributed by atoms with van der Waals surface area (Å²) >= 11 is 5.70. The van der Waals surface area contributed by atoms with E-state index in [0.29, 0.717) is 23.9 Å². The van der Waals surface area contributed by atoms with Gasteiger partial charge in [0.1, 0.15) is 0 Å². The topological polar surface area (TPSA) is 37.4 Å². The number of unbranched alkanes of at least 4 members (excludes halogenated alkanes) is 2. The molecule has 0 aliphatic heterocycles. The summed E-state index contributed by atoms with van der Waals surface area (Å²) in [4.78, 5) is 0.382. The molecule has 0 saturated heterocycles. The van der Waals surface area contributed by atoms with Crippen molar-refractivity contribution in [3.63, 3.8) is 0 Å². The predicted molar refractivity (Wildman–Crippen MR) is 89.4 cm³/mol. The Morgan fingerprint density at radius 1 is 1.00 bits per heavy atom. The third-order valence-corrected chi connectivity index (χ3v) is 5.57. The minimum atomic E-state index is -3.38. The summed E-state index contributed by atoms with van der Waals surface area (Å²) in [7, 11) is -3.38. The van der Waals surface area contributed by atoms with Crippen LogP contribution in [0.2, 0.25) is 0 Å². The Labute approximate surface area is 134 Å². The summed E-state index contributed by atoms with van der Waals surface area (Å²) in [6, 6.07) is 7.10. The van der Waals surface area contributed by atoms with Crippen LogP contribution >= 0.6 is 11.6 Å². The Morgan fingerprint density at radius 3 is 1.95 bits per heavy atom. The zero-order valence-electron chi connectivity index (χ0n) is 13.0. The van der Waals surface area contributed by atoms with Gasteiger partial charge in [-0.05, 0) is 37.0 Å². The first-order valence-electron chi connectivity index (χ1n) is 7.71. The van der Waals surface area contributed by atoms with Crippen molar-refractivity contribution in [2.45, 2.75) is 50.8 Å². The standard InChI is InChI=1S/C16H26ClNO2S/c1-3-5-13-18(14-6-4-2)21(19,20)16-9-7-15(8-10-16)11-12-17/h7-10H,3-6,11-14H2,1-2H3. The molecule has 0 aliphatic rings. The van der Waals surface area contributed by atoms with E-state index in [2.05, 4.69) is 13.8 Å². The van der Waals surface area contributed by atoms with Crippen LogP contribution in [0.25, 0.3) is 0 Å². The maximum atomic E-state index is 12.7. The Hall–Kier alpha value is -0.580. The second-order valence-corrected chi connectivity index (χ2v) is 7.51. The summed E-state index contributed by atoms with van der Waals surface area (Å²) in [6.45, 7) is 5.35. The van der Waals surface area contributed by atoms with Crippen LogP contribution in [0, 0.1) is 0 Å². The van der Waals surface area contributed by atoms with Gasteiger partial charge in [-0.3, -0.25) is 0 Å². The Bertz CT molecular complexity index is 492. The first kappa shape index (κ1) is 18.5. The highest BCUT2D eigenvalue weighted by Crippen LogP contribution is 2.18. The van der Waals surface area contributed by atoms with Crippen molar-refractivity contribution in [1.29, 1.82) is 0 Å². The van der Waals surface area contributed by atoms with Crippen molar-refractivity contribution >= 4 is 21.6 Å². The lowest BCUT2D eigenvalue weighted by molar-refractivity contribution is 0.395. The molecule has 0 aliphatic carbocycles. The molecule has 0 unspecified atom stereocenters. The Morgan fingerprint density at radius 2 is 1.52 bits per heavy atom. The number of hydrogen-bond donors (Lipinski definition) is 0. The summed E-state index contributed by atoms with van der Waals surface area (Å²) in [5, 5.41) is 0. The maximum absolute atomic E-state index is 12.7. The van der Waals surface area contributed by atoms with Gasteiger partial charge in [-0.15, -0.1) is 11.6 Å². The summed E-state index contributed by atoms with van der Waals surface area (Å²) in [5.41, 5.74) is 1.07. The quantitative estimate of drug-likeness (QED) is 0.606. The van der Waals surface area contributed by atoms with Gasteiger partial charge in [-0.1, -0.05) is 38.8 Å². The zero-order chi connectivity index (χ0) is 15.7. The molecule has 0 fully saturated rings. The molecule has 0 bridgehead atoms. The highest BCUT2D eigenvalue weighted by Gasteiger charge is 2.23. The molecule has 0 spiro atoms. The molecular formula is C16H26ClNO2S. The van der Waals surface area contributed by atoms with Crippen molar-refractivity contribution < 1.29 is 8.42 Å². The molecule has 0 amide bonds. The molecule has 1 aromatic carbocycles. The fourth-order valence-electron chi connectivity index (χ4n) is 2.11. The lowest BCUT2D eigenvalue weighted by Crippen LogP contribution is -2.33. The van der Waals surface area contributed by atoms with Gasteiger partial charge in [0.25, 0.3) is 0 Å². The molecule has 21 heavy (non-hydrogen) atoms. The average molecular weight is 332 g/mol. The van der Waals surface area contributed by atoms with Gasteiger partial charge in [0.05, 0.1) is 4.90 Å². The monoisotopic (exact) mass is 331 g/mol. The van der Waals surface area contributed by atoms with Crippen molar-refractivity contribution in [2.24, 2.45) is 0 Å². The molecule has 5 heteroatoms. The second kappa shape index (κ2) is 9.44. The van der Waals surface area contributed by atoms with E-state index >= 15 is 0 Å². The molecule has 0 radical (unpaired) electrons. The largest absolute Gasteiger partial charge is 0.243 e. The molecule has 0 aromatic heterocycles. The molecule has 0 saturated carbocycles. The minimum Gasteiger partial charge on any atom is -0.207 e. The summed E-state index contributed by atoms with van der Waals surface area (Å²) in [5.74, 6) is 0.547. The number of sulfonamides is 1. The predicted octanol–water partition coefficient (Wildman–Crippen LogP) is 4.06. The van der Waals surface area contributed by atoms with E-state index in [4.69, 9.17) is 11.6 Å². The first-order chi connectivity index (χ1) is 10.1. The SMILES string of the molecule is CCCCN(CCCC)S(=O)(=O)c1ccc(CCCl)cc1. The fourth-order valence-corrected chi connectivity index (χ4v) is 3.84. The lowest BCUT2D eigenvalue weighted by Gasteiger charge is -2.22. The molecule has 0 atom stereocenters. The van der Waals surface area contributed by atoms with Crippen LogP contribution in [-0.4, -0.2) is 31.7 Å². The molecule has 1 rings (SSSR count). The van der Waals surface area contributed by atoms with E-state index in [9.17, 15) is 8.42 Å². The van der Waals surface area contributed by atoms with Crippen molar-refractivity contribution in [3.05, 3.63) is 29.8 Å². The van der Waals surface area contributed by atoms with Gasteiger partial charge in [0.2, 0.25) is 10.0 Å². The van der Waals surface area contributed by atoms with E-state index in [1.807, 2.05) is 12.1 Å². The van der Waals surface area contributed by atoms with Crippen LogP contribution in [0.4, 0.5) is 0 Å². The van der Waals surface area contributed by atoms with Crippen LogP contribution in [0.5, 0.6) is 0 Å². The zero-order valence-corrected chi connectivity index (χ0v) is 14.6.